The molecule has 1 aliphatic rings. The van der Waals surface area contributed by atoms with E-state index in [2.05, 4.69) is 15.6 Å². The second kappa shape index (κ2) is 8.77. The summed E-state index contributed by atoms with van der Waals surface area (Å²) in [6, 6.07) is -0.863. The number of thioether (sulfide) groups is 1. The number of hydrogen-bond acceptors (Lipinski definition) is 8. The van der Waals surface area contributed by atoms with E-state index in [0.717, 1.165) is 12.8 Å². The molecule has 0 spiro atoms. The lowest BCUT2D eigenvalue weighted by molar-refractivity contribution is -0.178. The molecule has 24 heavy (non-hydrogen) atoms. The van der Waals surface area contributed by atoms with E-state index in [-0.39, 0.29) is 18.2 Å². The maximum absolute atomic E-state index is 12.0. The number of amides is 1. The van der Waals surface area contributed by atoms with Gasteiger partial charge in [-0.3, -0.25) is 4.79 Å². The Kier molecular flexibility index (Phi) is 6.99. The summed E-state index contributed by atoms with van der Waals surface area (Å²) < 4.78 is 6.72. The molecule has 4 N–H and O–H groups in total. The average Bonchev–Trinajstić information content (AvgIpc) is 3.05. The van der Waals surface area contributed by atoms with Crippen molar-refractivity contribution in [2.24, 2.45) is 0 Å². The minimum absolute atomic E-state index is 0.109. The fourth-order valence-electron chi connectivity index (χ4n) is 2.57. The third-order valence-electron chi connectivity index (χ3n) is 3.95. The van der Waals surface area contributed by atoms with Gasteiger partial charge in [0.2, 0.25) is 0 Å². The normalized spacial score (nSPS) is 30.3. The van der Waals surface area contributed by atoms with Gasteiger partial charge >= 0.3 is 0 Å². The van der Waals surface area contributed by atoms with Crippen molar-refractivity contribution < 1.29 is 24.9 Å². The van der Waals surface area contributed by atoms with E-state index < -0.39 is 29.8 Å². The summed E-state index contributed by atoms with van der Waals surface area (Å²) in [5.41, 5.74) is -0.514. The molecule has 136 valence electrons. The van der Waals surface area contributed by atoms with Crippen LogP contribution in [-0.2, 0) is 4.74 Å². The molecular weight excluding hydrogens is 336 g/mol. The Morgan fingerprint density at radius 1 is 1.46 bits per heavy atom. The van der Waals surface area contributed by atoms with Crippen LogP contribution in [0.1, 0.15) is 36.3 Å². The van der Waals surface area contributed by atoms with Crippen molar-refractivity contribution in [2.75, 3.05) is 19.4 Å². The number of rotatable bonds is 7. The summed E-state index contributed by atoms with van der Waals surface area (Å²) in [4.78, 5) is 12.0. The van der Waals surface area contributed by atoms with Gasteiger partial charge in [-0.25, -0.2) is 4.68 Å². The SMILES string of the molecule is CCCCNC(=O)c1cn(C2[C@@H](O)C(CO)O[C@@H](SC)[C@H]2O)nn1. The van der Waals surface area contributed by atoms with Crippen molar-refractivity contribution in [1.82, 2.24) is 20.3 Å². The molecule has 1 aliphatic heterocycles. The van der Waals surface area contributed by atoms with E-state index >= 15 is 0 Å². The first-order valence-electron chi connectivity index (χ1n) is 7.88. The predicted molar refractivity (Wildman–Crippen MR) is 87.6 cm³/mol. The van der Waals surface area contributed by atoms with Crippen molar-refractivity contribution >= 4 is 17.7 Å². The minimum atomic E-state index is -1.17. The molecule has 0 radical (unpaired) electrons. The molecular formula is C14H24N4O5S. The van der Waals surface area contributed by atoms with Crippen molar-refractivity contribution in [3.63, 3.8) is 0 Å². The predicted octanol–water partition coefficient (Wildman–Crippen LogP) is -0.849. The van der Waals surface area contributed by atoms with Crippen LogP contribution >= 0.6 is 11.8 Å². The molecule has 10 heteroatoms. The van der Waals surface area contributed by atoms with E-state index in [0.29, 0.717) is 6.54 Å². The molecule has 0 aromatic carbocycles. The highest BCUT2D eigenvalue weighted by atomic mass is 32.2. The number of aliphatic hydroxyl groups is 3. The van der Waals surface area contributed by atoms with E-state index in [1.807, 2.05) is 6.92 Å². The zero-order valence-corrected chi connectivity index (χ0v) is 14.5. The molecule has 0 saturated carbocycles. The molecule has 1 aromatic rings. The summed E-state index contributed by atoms with van der Waals surface area (Å²) in [5, 5.41) is 40.5. The molecule has 0 aliphatic carbocycles. The number of aliphatic hydroxyl groups excluding tert-OH is 3. The van der Waals surface area contributed by atoms with Crippen LogP contribution in [0.25, 0.3) is 0 Å². The fourth-order valence-corrected chi connectivity index (χ4v) is 3.26. The van der Waals surface area contributed by atoms with Crippen molar-refractivity contribution in [2.45, 2.75) is 49.6 Å². The van der Waals surface area contributed by atoms with Gasteiger partial charge in [-0.15, -0.1) is 16.9 Å². The van der Waals surface area contributed by atoms with Gasteiger partial charge in [0.15, 0.2) is 5.69 Å². The highest BCUT2D eigenvalue weighted by molar-refractivity contribution is 7.99. The molecule has 9 nitrogen and oxygen atoms in total. The summed E-state index contributed by atoms with van der Waals surface area (Å²) in [6.07, 6.45) is 1.89. The van der Waals surface area contributed by atoms with Crippen LogP contribution in [0.4, 0.5) is 0 Å². The van der Waals surface area contributed by atoms with E-state index in [1.165, 1.54) is 22.6 Å². The van der Waals surface area contributed by atoms with Crippen LogP contribution in [-0.4, -0.2) is 79.4 Å². The summed E-state index contributed by atoms with van der Waals surface area (Å²) in [5.74, 6) is -0.356. The Balaban J connectivity index is 2.15. The number of carbonyl (C=O) groups excluding carboxylic acids is 1. The first-order valence-corrected chi connectivity index (χ1v) is 9.17. The number of hydrogen-bond donors (Lipinski definition) is 4. The topological polar surface area (TPSA) is 130 Å². The van der Waals surface area contributed by atoms with Crippen molar-refractivity contribution in [3.05, 3.63) is 11.9 Å². The molecule has 0 bridgehead atoms. The zero-order chi connectivity index (χ0) is 17.7. The lowest BCUT2D eigenvalue weighted by atomic mass is 9.97. The van der Waals surface area contributed by atoms with Gasteiger partial charge in [-0.1, -0.05) is 18.6 Å². The van der Waals surface area contributed by atoms with Crippen LogP contribution in [0, 0.1) is 0 Å². The Morgan fingerprint density at radius 2 is 2.21 bits per heavy atom. The molecule has 1 amide bonds. The highest BCUT2D eigenvalue weighted by Gasteiger charge is 2.45. The van der Waals surface area contributed by atoms with Gasteiger partial charge in [-0.05, 0) is 12.7 Å². The van der Waals surface area contributed by atoms with Crippen LogP contribution in [0.3, 0.4) is 0 Å². The standard InChI is InChI=1S/C14H24N4O5S/c1-3-4-5-15-13(22)8-6-18(17-16-8)10-11(20)9(7-19)23-14(24-2)12(10)21/h6,9-12,14,19-21H,3-5,7H2,1-2H3,(H,15,22)/t9?,10?,11-,12-,14-/m0/s1. The Bertz CT molecular complexity index is 527. The maximum Gasteiger partial charge on any atom is 0.273 e. The van der Waals surface area contributed by atoms with Crippen LogP contribution in [0.5, 0.6) is 0 Å². The van der Waals surface area contributed by atoms with E-state index in [1.54, 1.807) is 6.26 Å². The summed E-state index contributed by atoms with van der Waals surface area (Å²) in [6.45, 7) is 2.18. The Labute approximate surface area is 144 Å². The monoisotopic (exact) mass is 360 g/mol. The fraction of sp³-hybridized carbons (Fsp3) is 0.786. The third-order valence-corrected chi connectivity index (χ3v) is 4.80. The highest BCUT2D eigenvalue weighted by Crippen LogP contribution is 2.33. The number of ether oxygens (including phenoxy) is 1. The maximum atomic E-state index is 12.0. The lowest BCUT2D eigenvalue weighted by Gasteiger charge is -2.41. The molecule has 1 saturated heterocycles. The minimum Gasteiger partial charge on any atom is -0.394 e. The van der Waals surface area contributed by atoms with Gasteiger partial charge in [0.25, 0.3) is 5.91 Å². The summed E-state index contributed by atoms with van der Waals surface area (Å²) in [7, 11) is 0. The van der Waals surface area contributed by atoms with Gasteiger partial charge in [0.1, 0.15) is 29.8 Å². The van der Waals surface area contributed by atoms with E-state index in [9.17, 15) is 20.1 Å². The van der Waals surface area contributed by atoms with Gasteiger partial charge < -0.3 is 25.4 Å². The first kappa shape index (κ1) is 19.1. The number of aromatic nitrogens is 3. The van der Waals surface area contributed by atoms with Crippen LogP contribution < -0.4 is 5.32 Å². The quantitative estimate of drug-likeness (QED) is 0.463. The molecule has 2 heterocycles. The van der Waals surface area contributed by atoms with Gasteiger partial charge in [0, 0.05) is 6.54 Å². The lowest BCUT2D eigenvalue weighted by Crippen LogP contribution is -2.54. The van der Waals surface area contributed by atoms with Gasteiger partial charge in [0.05, 0.1) is 12.8 Å². The molecule has 2 rings (SSSR count). The number of carbonyl (C=O) groups is 1. The third kappa shape index (κ3) is 4.06. The zero-order valence-electron chi connectivity index (χ0n) is 13.7. The van der Waals surface area contributed by atoms with Crippen molar-refractivity contribution in [3.8, 4) is 0 Å². The molecule has 1 fully saturated rings. The number of nitrogens with one attached hydrogen (secondary N) is 1. The largest absolute Gasteiger partial charge is 0.394 e. The van der Waals surface area contributed by atoms with Crippen molar-refractivity contribution in [1.29, 1.82) is 0 Å². The Morgan fingerprint density at radius 3 is 2.83 bits per heavy atom. The van der Waals surface area contributed by atoms with Gasteiger partial charge in [-0.2, -0.15) is 0 Å². The second-order valence-corrected chi connectivity index (χ2v) is 6.56. The Hall–Kier alpha value is -1.20. The van der Waals surface area contributed by atoms with E-state index in [4.69, 9.17) is 4.74 Å². The molecule has 5 atom stereocenters. The van der Waals surface area contributed by atoms with Crippen LogP contribution in [0.15, 0.2) is 6.20 Å². The second-order valence-electron chi connectivity index (χ2n) is 5.63. The smallest absolute Gasteiger partial charge is 0.273 e. The number of nitrogens with zero attached hydrogens (tertiary/aromatic N) is 3. The van der Waals surface area contributed by atoms with Crippen LogP contribution in [0.2, 0.25) is 0 Å². The molecule has 2 unspecified atom stereocenters. The average molecular weight is 360 g/mol. The number of unbranched alkanes of at least 4 members (excludes halogenated alkanes) is 1. The molecule has 1 aromatic heterocycles. The first-order chi connectivity index (χ1) is 11.5. The summed E-state index contributed by atoms with van der Waals surface area (Å²) >= 11 is 1.26.